The SMILES string of the molecule is Cc1ccccc1C1CC(=O)c2c(nc3c(cnn3C)c2N)C1. The lowest BCUT2D eigenvalue weighted by atomic mass is 9.79. The number of nitrogen functional groups attached to an aromatic ring is 1. The van der Waals surface area contributed by atoms with Crippen molar-refractivity contribution in [3.8, 4) is 0 Å². The predicted octanol–water partition coefficient (Wildman–Crippen LogP) is 2.77. The molecular formula is C18H18N4O. The number of anilines is 1. The molecule has 2 aromatic heterocycles. The molecule has 0 saturated carbocycles. The molecule has 0 bridgehead atoms. The van der Waals surface area contributed by atoms with Crippen LogP contribution in [0.1, 0.15) is 39.5 Å². The summed E-state index contributed by atoms with van der Waals surface area (Å²) in [6, 6.07) is 8.23. The third-order valence-corrected chi connectivity index (χ3v) is 4.78. The summed E-state index contributed by atoms with van der Waals surface area (Å²) in [4.78, 5) is 17.4. The second-order valence-corrected chi connectivity index (χ2v) is 6.24. The van der Waals surface area contributed by atoms with E-state index in [0.717, 1.165) is 23.1 Å². The monoisotopic (exact) mass is 306 g/mol. The van der Waals surface area contributed by atoms with Gasteiger partial charge in [-0.3, -0.25) is 9.48 Å². The molecule has 0 aliphatic heterocycles. The van der Waals surface area contributed by atoms with E-state index < -0.39 is 0 Å². The number of carbonyl (C=O) groups excluding carboxylic acids is 1. The van der Waals surface area contributed by atoms with Crippen LogP contribution in [0.15, 0.2) is 30.5 Å². The summed E-state index contributed by atoms with van der Waals surface area (Å²) < 4.78 is 1.70. The van der Waals surface area contributed by atoms with Crippen molar-refractivity contribution >= 4 is 22.5 Å². The summed E-state index contributed by atoms with van der Waals surface area (Å²) in [5.74, 6) is 0.240. The van der Waals surface area contributed by atoms with E-state index in [1.165, 1.54) is 11.1 Å². The maximum Gasteiger partial charge on any atom is 0.167 e. The number of carbonyl (C=O) groups is 1. The van der Waals surface area contributed by atoms with Crippen molar-refractivity contribution in [3.63, 3.8) is 0 Å². The molecule has 1 aliphatic rings. The Morgan fingerprint density at radius 1 is 1.26 bits per heavy atom. The fourth-order valence-electron chi connectivity index (χ4n) is 3.58. The number of rotatable bonds is 1. The number of nitrogens with two attached hydrogens (primary N) is 1. The fourth-order valence-corrected chi connectivity index (χ4v) is 3.58. The van der Waals surface area contributed by atoms with Crippen LogP contribution in [-0.4, -0.2) is 20.5 Å². The highest BCUT2D eigenvalue weighted by molar-refractivity contribution is 6.09. The van der Waals surface area contributed by atoms with Gasteiger partial charge in [-0.15, -0.1) is 0 Å². The highest BCUT2D eigenvalue weighted by atomic mass is 16.1. The largest absolute Gasteiger partial charge is 0.397 e. The van der Waals surface area contributed by atoms with Gasteiger partial charge in [-0.1, -0.05) is 24.3 Å². The molecule has 1 atom stereocenters. The first-order chi connectivity index (χ1) is 11.1. The number of aromatic nitrogens is 3. The van der Waals surface area contributed by atoms with E-state index in [2.05, 4.69) is 24.2 Å². The second-order valence-electron chi connectivity index (χ2n) is 6.24. The normalized spacial score (nSPS) is 17.5. The zero-order valence-corrected chi connectivity index (χ0v) is 13.2. The van der Waals surface area contributed by atoms with Crippen molar-refractivity contribution in [1.82, 2.24) is 14.8 Å². The minimum atomic E-state index is 0.0789. The first-order valence-corrected chi connectivity index (χ1v) is 7.75. The summed E-state index contributed by atoms with van der Waals surface area (Å²) in [5, 5.41) is 4.97. The first-order valence-electron chi connectivity index (χ1n) is 7.75. The van der Waals surface area contributed by atoms with E-state index >= 15 is 0 Å². The molecule has 0 fully saturated rings. The number of pyridine rings is 1. The van der Waals surface area contributed by atoms with Crippen LogP contribution >= 0.6 is 0 Å². The van der Waals surface area contributed by atoms with Crippen molar-refractivity contribution in [3.05, 3.63) is 52.8 Å². The van der Waals surface area contributed by atoms with Gasteiger partial charge in [0, 0.05) is 13.5 Å². The Labute approximate surface area is 134 Å². The zero-order valence-electron chi connectivity index (χ0n) is 13.2. The molecule has 0 spiro atoms. The molecule has 0 radical (unpaired) electrons. The van der Waals surface area contributed by atoms with Crippen LogP contribution in [-0.2, 0) is 13.5 Å². The number of benzene rings is 1. The summed E-state index contributed by atoms with van der Waals surface area (Å²) in [7, 11) is 1.84. The number of aryl methyl sites for hydroxylation is 2. The summed E-state index contributed by atoms with van der Waals surface area (Å²) in [5.41, 5.74) is 11.3. The number of Topliss-reactive ketones (excluding diaryl/α,β-unsaturated/α-hetero) is 1. The van der Waals surface area contributed by atoms with Crippen molar-refractivity contribution < 1.29 is 4.79 Å². The Bertz CT molecular complexity index is 942. The number of hydrogen-bond acceptors (Lipinski definition) is 4. The standard InChI is InChI=1S/C18H18N4O/c1-10-5-3-4-6-12(10)11-7-14-16(15(23)8-11)17(19)13-9-20-22(2)18(13)21-14/h3-6,9,11H,7-8H2,1-2H3,(H2,19,21). The Morgan fingerprint density at radius 3 is 2.83 bits per heavy atom. The van der Waals surface area contributed by atoms with Crippen LogP contribution in [0.3, 0.4) is 0 Å². The first kappa shape index (κ1) is 13.9. The molecule has 2 N–H and O–H groups in total. The molecule has 5 nitrogen and oxygen atoms in total. The van der Waals surface area contributed by atoms with Gasteiger partial charge >= 0.3 is 0 Å². The average molecular weight is 306 g/mol. The van der Waals surface area contributed by atoms with E-state index in [1.807, 2.05) is 19.2 Å². The van der Waals surface area contributed by atoms with E-state index in [1.54, 1.807) is 10.9 Å². The molecule has 2 heterocycles. The van der Waals surface area contributed by atoms with Gasteiger partial charge in [-0.25, -0.2) is 4.98 Å². The average Bonchev–Trinajstić information content (AvgIpc) is 2.89. The van der Waals surface area contributed by atoms with Crippen LogP contribution in [0.5, 0.6) is 0 Å². The lowest BCUT2D eigenvalue weighted by molar-refractivity contribution is 0.0964. The Morgan fingerprint density at radius 2 is 2.04 bits per heavy atom. The smallest absolute Gasteiger partial charge is 0.167 e. The molecule has 23 heavy (non-hydrogen) atoms. The summed E-state index contributed by atoms with van der Waals surface area (Å²) in [6.45, 7) is 2.08. The van der Waals surface area contributed by atoms with Gasteiger partial charge in [0.2, 0.25) is 0 Å². The quantitative estimate of drug-likeness (QED) is 0.750. The van der Waals surface area contributed by atoms with Gasteiger partial charge in [-0.05, 0) is 30.4 Å². The number of nitrogens with zero attached hydrogens (tertiary/aromatic N) is 3. The van der Waals surface area contributed by atoms with Crippen molar-refractivity contribution in [2.24, 2.45) is 7.05 Å². The van der Waals surface area contributed by atoms with Crippen LogP contribution < -0.4 is 5.73 Å². The van der Waals surface area contributed by atoms with E-state index in [0.29, 0.717) is 17.7 Å². The maximum atomic E-state index is 12.7. The van der Waals surface area contributed by atoms with Crippen molar-refractivity contribution in [2.45, 2.75) is 25.7 Å². The third-order valence-electron chi connectivity index (χ3n) is 4.78. The molecule has 1 aliphatic carbocycles. The highest BCUT2D eigenvalue weighted by Crippen LogP contribution is 2.37. The van der Waals surface area contributed by atoms with Crippen LogP contribution in [0.2, 0.25) is 0 Å². The summed E-state index contributed by atoms with van der Waals surface area (Å²) >= 11 is 0. The molecule has 4 rings (SSSR count). The van der Waals surface area contributed by atoms with Crippen molar-refractivity contribution in [1.29, 1.82) is 0 Å². The minimum absolute atomic E-state index is 0.0789. The van der Waals surface area contributed by atoms with Crippen molar-refractivity contribution in [2.75, 3.05) is 5.73 Å². The lowest BCUT2D eigenvalue weighted by Gasteiger charge is -2.25. The molecule has 3 aromatic rings. The third kappa shape index (κ3) is 2.04. The Balaban J connectivity index is 1.87. The molecule has 0 saturated heterocycles. The van der Waals surface area contributed by atoms with Crippen LogP contribution in [0.25, 0.3) is 11.0 Å². The van der Waals surface area contributed by atoms with E-state index in [9.17, 15) is 4.79 Å². The topological polar surface area (TPSA) is 73.8 Å². The fraction of sp³-hybridized carbons (Fsp3) is 0.278. The minimum Gasteiger partial charge on any atom is -0.397 e. The van der Waals surface area contributed by atoms with Crippen LogP contribution in [0.4, 0.5) is 5.69 Å². The van der Waals surface area contributed by atoms with Gasteiger partial charge < -0.3 is 5.73 Å². The molecule has 116 valence electrons. The van der Waals surface area contributed by atoms with Gasteiger partial charge in [0.05, 0.1) is 28.5 Å². The Kier molecular flexibility index (Phi) is 2.98. The zero-order chi connectivity index (χ0) is 16.1. The van der Waals surface area contributed by atoms with E-state index in [4.69, 9.17) is 10.7 Å². The second kappa shape index (κ2) is 4.91. The highest BCUT2D eigenvalue weighted by Gasteiger charge is 2.31. The Hall–Kier alpha value is -2.69. The predicted molar refractivity (Wildman–Crippen MR) is 89.5 cm³/mol. The van der Waals surface area contributed by atoms with Gasteiger partial charge in [0.1, 0.15) is 0 Å². The molecule has 1 aromatic carbocycles. The van der Waals surface area contributed by atoms with Gasteiger partial charge in [0.25, 0.3) is 0 Å². The molecule has 1 unspecified atom stereocenters. The van der Waals surface area contributed by atoms with Gasteiger partial charge in [0.15, 0.2) is 11.4 Å². The van der Waals surface area contributed by atoms with Gasteiger partial charge in [-0.2, -0.15) is 5.10 Å². The van der Waals surface area contributed by atoms with Crippen LogP contribution in [0, 0.1) is 6.92 Å². The molecule has 5 heteroatoms. The number of fused-ring (bicyclic) bond motifs is 2. The summed E-state index contributed by atoms with van der Waals surface area (Å²) in [6.07, 6.45) is 2.89. The van der Waals surface area contributed by atoms with E-state index in [-0.39, 0.29) is 11.7 Å². The number of hydrogen-bond donors (Lipinski definition) is 1. The maximum absolute atomic E-state index is 12.7. The molecular weight excluding hydrogens is 288 g/mol. The lowest BCUT2D eigenvalue weighted by Crippen LogP contribution is -2.22. The molecule has 0 amide bonds. The number of ketones is 1.